The molecular weight excluding hydrogens is 238 g/mol. The molecule has 1 aromatic carbocycles. The fraction of sp³-hybridized carbons (Fsp3) is 0.417. The molecule has 0 aliphatic heterocycles. The highest BCUT2D eigenvalue weighted by Crippen LogP contribution is 2.27. The van der Waals surface area contributed by atoms with Gasteiger partial charge in [0.1, 0.15) is 0 Å². The van der Waals surface area contributed by atoms with Gasteiger partial charge in [0.2, 0.25) is 0 Å². The number of nitro groups is 1. The Morgan fingerprint density at radius 3 is 2.67 bits per heavy atom. The van der Waals surface area contributed by atoms with Crippen molar-refractivity contribution in [2.45, 2.75) is 26.9 Å². The monoisotopic (exact) mass is 253 g/mol. The van der Waals surface area contributed by atoms with E-state index in [2.05, 4.69) is 0 Å². The summed E-state index contributed by atoms with van der Waals surface area (Å²) in [6.45, 7) is 4.82. The summed E-state index contributed by atoms with van der Waals surface area (Å²) in [4.78, 5) is 21.5. The van der Waals surface area contributed by atoms with Crippen LogP contribution in [-0.4, -0.2) is 23.6 Å². The van der Waals surface area contributed by atoms with Crippen LogP contribution >= 0.6 is 0 Å². The number of hydrogen-bond acceptors (Lipinski definition) is 5. The number of esters is 1. The summed E-state index contributed by atoms with van der Waals surface area (Å²) in [6, 6.07) is 4.54. The van der Waals surface area contributed by atoms with E-state index >= 15 is 0 Å². The van der Waals surface area contributed by atoms with E-state index in [1.165, 1.54) is 12.1 Å². The molecule has 0 saturated carbocycles. The third-order valence-corrected chi connectivity index (χ3v) is 2.02. The highest BCUT2D eigenvalue weighted by atomic mass is 16.6. The van der Waals surface area contributed by atoms with Gasteiger partial charge in [0.15, 0.2) is 12.4 Å². The molecule has 0 unspecified atom stereocenters. The van der Waals surface area contributed by atoms with Crippen molar-refractivity contribution >= 4 is 11.7 Å². The van der Waals surface area contributed by atoms with Crippen molar-refractivity contribution in [3.8, 4) is 5.75 Å². The summed E-state index contributed by atoms with van der Waals surface area (Å²) in [5, 5.41) is 10.8. The molecule has 6 heteroatoms. The SMILES string of the molecule is Cc1ccc(OCC(=O)OC(C)C)c([N+](=O)[O-])c1. The second-order valence-corrected chi connectivity index (χ2v) is 4.06. The predicted molar refractivity (Wildman–Crippen MR) is 64.6 cm³/mol. The Bertz CT molecular complexity index is 456. The summed E-state index contributed by atoms with van der Waals surface area (Å²) in [7, 11) is 0. The highest BCUT2D eigenvalue weighted by Gasteiger charge is 2.16. The lowest BCUT2D eigenvalue weighted by Crippen LogP contribution is -2.19. The van der Waals surface area contributed by atoms with Crippen LogP contribution in [-0.2, 0) is 9.53 Å². The molecule has 0 atom stereocenters. The van der Waals surface area contributed by atoms with Gasteiger partial charge >= 0.3 is 11.7 Å². The number of ether oxygens (including phenoxy) is 2. The fourth-order valence-electron chi connectivity index (χ4n) is 1.33. The van der Waals surface area contributed by atoms with Crippen LogP contribution in [0.4, 0.5) is 5.69 Å². The number of hydrogen-bond donors (Lipinski definition) is 0. The van der Waals surface area contributed by atoms with Crippen LogP contribution in [0.5, 0.6) is 5.75 Å². The average Bonchev–Trinajstić information content (AvgIpc) is 2.26. The Morgan fingerprint density at radius 2 is 2.11 bits per heavy atom. The third kappa shape index (κ3) is 4.04. The number of nitrogens with zero attached hydrogens (tertiary/aromatic N) is 1. The molecule has 0 spiro atoms. The summed E-state index contributed by atoms with van der Waals surface area (Å²) in [5.41, 5.74) is 0.589. The van der Waals surface area contributed by atoms with Crippen molar-refractivity contribution in [2.24, 2.45) is 0 Å². The molecule has 0 saturated heterocycles. The maximum atomic E-state index is 11.3. The number of rotatable bonds is 5. The van der Waals surface area contributed by atoms with Gasteiger partial charge in [0, 0.05) is 6.07 Å². The van der Waals surface area contributed by atoms with Gasteiger partial charge < -0.3 is 9.47 Å². The molecule has 0 radical (unpaired) electrons. The number of aryl methyl sites for hydroxylation is 1. The summed E-state index contributed by atoms with van der Waals surface area (Å²) >= 11 is 0. The van der Waals surface area contributed by atoms with E-state index in [1.807, 2.05) is 0 Å². The van der Waals surface area contributed by atoms with Crippen LogP contribution in [0.25, 0.3) is 0 Å². The first-order chi connectivity index (χ1) is 8.40. The largest absolute Gasteiger partial charge is 0.475 e. The zero-order valence-corrected chi connectivity index (χ0v) is 10.5. The van der Waals surface area contributed by atoms with Crippen LogP contribution < -0.4 is 4.74 Å². The van der Waals surface area contributed by atoms with Gasteiger partial charge in [-0.05, 0) is 32.4 Å². The fourth-order valence-corrected chi connectivity index (χ4v) is 1.33. The van der Waals surface area contributed by atoms with Crippen molar-refractivity contribution in [2.75, 3.05) is 6.61 Å². The molecule has 0 aliphatic rings. The number of nitro benzene ring substituents is 1. The van der Waals surface area contributed by atoms with E-state index in [1.54, 1.807) is 26.8 Å². The third-order valence-electron chi connectivity index (χ3n) is 2.02. The lowest BCUT2D eigenvalue weighted by atomic mass is 10.2. The van der Waals surface area contributed by atoms with Crippen molar-refractivity contribution in [3.63, 3.8) is 0 Å². The minimum atomic E-state index is -0.556. The van der Waals surface area contributed by atoms with E-state index in [4.69, 9.17) is 9.47 Å². The van der Waals surface area contributed by atoms with Crippen molar-refractivity contribution in [1.29, 1.82) is 0 Å². The standard InChI is InChI=1S/C12H15NO5/c1-8(2)18-12(14)7-17-11-5-4-9(3)6-10(11)13(15)16/h4-6,8H,7H2,1-3H3. The van der Waals surface area contributed by atoms with Crippen molar-refractivity contribution in [1.82, 2.24) is 0 Å². The van der Waals surface area contributed by atoms with Crippen LogP contribution in [0.1, 0.15) is 19.4 Å². The average molecular weight is 253 g/mol. The molecule has 0 amide bonds. The number of benzene rings is 1. The lowest BCUT2D eigenvalue weighted by Gasteiger charge is -2.09. The second-order valence-electron chi connectivity index (χ2n) is 4.06. The van der Waals surface area contributed by atoms with E-state index in [9.17, 15) is 14.9 Å². The first-order valence-electron chi connectivity index (χ1n) is 5.47. The maximum absolute atomic E-state index is 11.3. The Hall–Kier alpha value is -2.11. The van der Waals surface area contributed by atoms with Crippen LogP contribution in [0, 0.1) is 17.0 Å². The normalized spacial score (nSPS) is 10.2. The van der Waals surface area contributed by atoms with Gasteiger partial charge in [-0.25, -0.2) is 4.79 Å². The Kier molecular flexibility index (Phi) is 4.65. The summed E-state index contributed by atoms with van der Waals surface area (Å²) < 4.78 is 9.96. The van der Waals surface area contributed by atoms with Gasteiger partial charge in [-0.2, -0.15) is 0 Å². The molecule has 1 aromatic rings. The van der Waals surface area contributed by atoms with E-state index in [0.29, 0.717) is 0 Å². The molecule has 0 heterocycles. The van der Waals surface area contributed by atoms with E-state index < -0.39 is 10.9 Å². The summed E-state index contributed by atoms with van der Waals surface area (Å²) in [6.07, 6.45) is -0.242. The van der Waals surface area contributed by atoms with Crippen LogP contribution in [0.3, 0.4) is 0 Å². The van der Waals surface area contributed by atoms with Gasteiger partial charge in [-0.1, -0.05) is 6.07 Å². The van der Waals surface area contributed by atoms with Crippen molar-refractivity contribution in [3.05, 3.63) is 33.9 Å². The molecule has 98 valence electrons. The Labute approximate surface area is 105 Å². The van der Waals surface area contributed by atoms with Crippen LogP contribution in [0.2, 0.25) is 0 Å². The first-order valence-corrected chi connectivity index (χ1v) is 5.47. The molecule has 0 aromatic heterocycles. The lowest BCUT2D eigenvalue weighted by molar-refractivity contribution is -0.385. The minimum absolute atomic E-state index is 0.0614. The van der Waals surface area contributed by atoms with Crippen molar-refractivity contribution < 1.29 is 19.2 Å². The molecule has 0 fully saturated rings. The predicted octanol–water partition coefficient (Wildman–Crippen LogP) is 2.23. The Morgan fingerprint density at radius 1 is 1.44 bits per heavy atom. The number of carbonyl (C=O) groups excluding carboxylic acids is 1. The van der Waals surface area contributed by atoms with Gasteiger partial charge in [0.25, 0.3) is 0 Å². The van der Waals surface area contributed by atoms with E-state index in [-0.39, 0.29) is 24.1 Å². The molecule has 0 bridgehead atoms. The van der Waals surface area contributed by atoms with Crippen LogP contribution in [0.15, 0.2) is 18.2 Å². The van der Waals surface area contributed by atoms with Gasteiger partial charge in [-0.15, -0.1) is 0 Å². The molecule has 6 nitrogen and oxygen atoms in total. The van der Waals surface area contributed by atoms with Gasteiger partial charge in [0.05, 0.1) is 11.0 Å². The molecule has 0 N–H and O–H groups in total. The highest BCUT2D eigenvalue weighted by molar-refractivity contribution is 5.71. The maximum Gasteiger partial charge on any atom is 0.344 e. The molecular formula is C12H15NO5. The topological polar surface area (TPSA) is 78.7 Å². The zero-order chi connectivity index (χ0) is 13.7. The Balaban J connectivity index is 2.73. The number of carbonyl (C=O) groups is 1. The summed E-state index contributed by atoms with van der Waals surface area (Å²) in [5.74, 6) is -0.494. The molecule has 18 heavy (non-hydrogen) atoms. The second kappa shape index (κ2) is 6.00. The zero-order valence-electron chi connectivity index (χ0n) is 10.5. The van der Waals surface area contributed by atoms with Gasteiger partial charge in [-0.3, -0.25) is 10.1 Å². The van der Waals surface area contributed by atoms with E-state index in [0.717, 1.165) is 5.56 Å². The minimum Gasteiger partial charge on any atom is -0.475 e. The quantitative estimate of drug-likeness (QED) is 0.456. The smallest absolute Gasteiger partial charge is 0.344 e. The molecule has 0 aliphatic carbocycles. The molecule has 1 rings (SSSR count). The first kappa shape index (κ1) is 14.0.